The summed E-state index contributed by atoms with van der Waals surface area (Å²) in [6.45, 7) is 4.99. The molecule has 0 spiro atoms. The van der Waals surface area contributed by atoms with Crippen molar-refractivity contribution in [3.05, 3.63) is 21.9 Å². The smallest absolute Gasteiger partial charge is 0.221 e. The number of rotatable bonds is 7. The van der Waals surface area contributed by atoms with E-state index in [0.29, 0.717) is 12.5 Å². The van der Waals surface area contributed by atoms with Gasteiger partial charge in [0.05, 0.1) is 0 Å². The van der Waals surface area contributed by atoms with E-state index < -0.39 is 0 Å². The Morgan fingerprint density at radius 3 is 2.89 bits per heavy atom. The lowest BCUT2D eigenvalue weighted by Crippen LogP contribution is -2.35. The van der Waals surface area contributed by atoms with E-state index in [1.165, 1.54) is 22.6 Å². The maximum Gasteiger partial charge on any atom is 0.221 e. The van der Waals surface area contributed by atoms with Crippen LogP contribution in [-0.2, 0) is 11.2 Å². The fourth-order valence-corrected chi connectivity index (χ4v) is 2.99. The largest absolute Gasteiger partial charge is 0.353 e. The molecule has 1 aliphatic carbocycles. The lowest BCUT2D eigenvalue weighted by Gasteiger charge is -2.13. The van der Waals surface area contributed by atoms with Gasteiger partial charge in [-0.2, -0.15) is 0 Å². The third kappa shape index (κ3) is 4.78. The van der Waals surface area contributed by atoms with E-state index in [4.69, 9.17) is 0 Å². The Balaban J connectivity index is 1.62. The van der Waals surface area contributed by atoms with Crippen LogP contribution in [0, 0.1) is 6.92 Å². The third-order valence-electron chi connectivity index (χ3n) is 3.07. The Kier molecular flexibility index (Phi) is 4.78. The van der Waals surface area contributed by atoms with Gasteiger partial charge in [0, 0.05) is 41.2 Å². The zero-order chi connectivity index (χ0) is 13.0. The molecule has 1 atom stereocenters. The van der Waals surface area contributed by atoms with Crippen LogP contribution in [0.5, 0.6) is 0 Å². The molecule has 3 nitrogen and oxygen atoms in total. The summed E-state index contributed by atoms with van der Waals surface area (Å²) in [5.41, 5.74) is 0. The highest BCUT2D eigenvalue weighted by atomic mass is 32.1. The number of hydrogen-bond acceptors (Lipinski definition) is 3. The van der Waals surface area contributed by atoms with Gasteiger partial charge in [-0.05, 0) is 38.8 Å². The Labute approximate surface area is 113 Å². The van der Waals surface area contributed by atoms with Crippen molar-refractivity contribution in [2.75, 3.05) is 6.54 Å². The van der Waals surface area contributed by atoms with E-state index in [1.54, 1.807) is 0 Å². The quantitative estimate of drug-likeness (QED) is 0.795. The van der Waals surface area contributed by atoms with Crippen LogP contribution in [0.2, 0.25) is 0 Å². The van der Waals surface area contributed by atoms with Crippen molar-refractivity contribution in [1.29, 1.82) is 0 Å². The monoisotopic (exact) mass is 266 g/mol. The lowest BCUT2D eigenvalue weighted by atomic mass is 10.2. The van der Waals surface area contributed by atoms with E-state index >= 15 is 0 Å². The summed E-state index contributed by atoms with van der Waals surface area (Å²) in [6.07, 6.45) is 4.07. The first-order chi connectivity index (χ1) is 8.63. The average Bonchev–Trinajstić information content (AvgIpc) is 3.02. The highest BCUT2D eigenvalue weighted by Gasteiger charge is 2.20. The summed E-state index contributed by atoms with van der Waals surface area (Å²) in [5, 5.41) is 6.41. The van der Waals surface area contributed by atoms with Crippen molar-refractivity contribution in [2.24, 2.45) is 0 Å². The summed E-state index contributed by atoms with van der Waals surface area (Å²) in [5.74, 6) is 0.156. The molecule has 2 rings (SSSR count). The Hall–Kier alpha value is -0.870. The minimum Gasteiger partial charge on any atom is -0.353 e. The molecular weight excluding hydrogens is 244 g/mol. The number of hydrogen-bond donors (Lipinski definition) is 2. The van der Waals surface area contributed by atoms with Gasteiger partial charge in [-0.15, -0.1) is 11.3 Å². The maximum absolute atomic E-state index is 11.7. The molecule has 4 heteroatoms. The molecule has 1 amide bonds. The molecule has 0 radical (unpaired) electrons. The maximum atomic E-state index is 11.7. The van der Waals surface area contributed by atoms with Gasteiger partial charge in [-0.1, -0.05) is 0 Å². The van der Waals surface area contributed by atoms with Crippen LogP contribution in [0.1, 0.15) is 35.9 Å². The second-order valence-electron chi connectivity index (χ2n) is 5.16. The molecule has 1 saturated carbocycles. The molecule has 0 aromatic carbocycles. The van der Waals surface area contributed by atoms with Gasteiger partial charge in [0.15, 0.2) is 0 Å². The van der Waals surface area contributed by atoms with E-state index in [-0.39, 0.29) is 11.9 Å². The van der Waals surface area contributed by atoms with Gasteiger partial charge in [-0.25, -0.2) is 0 Å². The number of carbonyl (C=O) groups excluding carboxylic acids is 1. The molecule has 0 aliphatic heterocycles. The number of carbonyl (C=O) groups is 1. The minimum atomic E-state index is 0.156. The first-order valence-electron chi connectivity index (χ1n) is 6.71. The normalized spacial score (nSPS) is 16.6. The summed E-state index contributed by atoms with van der Waals surface area (Å²) >= 11 is 1.81. The molecule has 18 heavy (non-hydrogen) atoms. The first-order valence-corrected chi connectivity index (χ1v) is 7.53. The second-order valence-corrected chi connectivity index (χ2v) is 6.54. The molecule has 1 unspecified atom stereocenters. The van der Waals surface area contributed by atoms with Crippen LogP contribution in [0.3, 0.4) is 0 Å². The second kappa shape index (κ2) is 6.34. The van der Waals surface area contributed by atoms with Crippen LogP contribution >= 0.6 is 11.3 Å². The van der Waals surface area contributed by atoms with Crippen molar-refractivity contribution in [2.45, 2.75) is 51.6 Å². The molecule has 2 N–H and O–H groups in total. The van der Waals surface area contributed by atoms with E-state index in [9.17, 15) is 4.79 Å². The Bertz CT molecular complexity index is 398. The van der Waals surface area contributed by atoms with E-state index in [1.807, 2.05) is 11.3 Å². The van der Waals surface area contributed by atoms with Gasteiger partial charge in [-0.3, -0.25) is 4.79 Å². The van der Waals surface area contributed by atoms with Crippen molar-refractivity contribution in [1.82, 2.24) is 10.6 Å². The fraction of sp³-hybridized carbons (Fsp3) is 0.643. The average molecular weight is 266 g/mol. The van der Waals surface area contributed by atoms with E-state index in [2.05, 4.69) is 36.6 Å². The van der Waals surface area contributed by atoms with E-state index in [0.717, 1.165) is 13.0 Å². The molecule has 1 aliphatic rings. The fourth-order valence-electron chi connectivity index (χ4n) is 1.97. The zero-order valence-electron chi connectivity index (χ0n) is 11.2. The predicted octanol–water partition coefficient (Wildman–Crippen LogP) is 2.25. The number of amides is 1. The SMILES string of the molecule is Cc1ccc(CC(C)NC(=O)CCNC2CC2)s1. The molecule has 1 fully saturated rings. The van der Waals surface area contributed by atoms with Crippen LogP contribution in [0.4, 0.5) is 0 Å². The lowest BCUT2D eigenvalue weighted by molar-refractivity contribution is -0.121. The predicted molar refractivity (Wildman–Crippen MR) is 76.0 cm³/mol. The number of nitrogens with one attached hydrogen (secondary N) is 2. The van der Waals surface area contributed by atoms with Gasteiger partial charge in [0.25, 0.3) is 0 Å². The summed E-state index contributed by atoms with van der Waals surface area (Å²) in [4.78, 5) is 14.4. The van der Waals surface area contributed by atoms with Gasteiger partial charge in [0.2, 0.25) is 5.91 Å². The molecule has 0 saturated heterocycles. The highest BCUT2D eigenvalue weighted by molar-refractivity contribution is 7.11. The molecule has 100 valence electrons. The third-order valence-corrected chi connectivity index (χ3v) is 4.10. The molecule has 1 heterocycles. The topological polar surface area (TPSA) is 41.1 Å². The summed E-state index contributed by atoms with van der Waals surface area (Å²) in [7, 11) is 0. The standard InChI is InChI=1S/C14H22N2OS/c1-10(9-13-6-3-11(2)18-13)16-14(17)7-8-15-12-4-5-12/h3,6,10,12,15H,4-5,7-9H2,1-2H3,(H,16,17). The Morgan fingerprint density at radius 1 is 1.50 bits per heavy atom. The summed E-state index contributed by atoms with van der Waals surface area (Å²) < 4.78 is 0. The highest BCUT2D eigenvalue weighted by Crippen LogP contribution is 2.18. The van der Waals surface area contributed by atoms with Crippen molar-refractivity contribution < 1.29 is 4.79 Å². The molecule has 0 bridgehead atoms. The van der Waals surface area contributed by atoms with Crippen LogP contribution in [0.25, 0.3) is 0 Å². The van der Waals surface area contributed by atoms with Crippen LogP contribution < -0.4 is 10.6 Å². The Morgan fingerprint density at radius 2 is 2.28 bits per heavy atom. The number of thiophene rings is 1. The number of aryl methyl sites for hydroxylation is 1. The van der Waals surface area contributed by atoms with Gasteiger partial charge >= 0.3 is 0 Å². The van der Waals surface area contributed by atoms with Crippen LogP contribution in [-0.4, -0.2) is 24.5 Å². The van der Waals surface area contributed by atoms with Gasteiger partial charge in [0.1, 0.15) is 0 Å². The van der Waals surface area contributed by atoms with Crippen molar-refractivity contribution >= 4 is 17.2 Å². The zero-order valence-corrected chi connectivity index (χ0v) is 12.0. The van der Waals surface area contributed by atoms with Gasteiger partial charge < -0.3 is 10.6 Å². The first kappa shape index (κ1) is 13.6. The summed E-state index contributed by atoms with van der Waals surface area (Å²) in [6, 6.07) is 5.19. The van der Waals surface area contributed by atoms with Crippen LogP contribution in [0.15, 0.2) is 12.1 Å². The van der Waals surface area contributed by atoms with Crippen molar-refractivity contribution in [3.63, 3.8) is 0 Å². The molecule has 1 aromatic rings. The minimum absolute atomic E-state index is 0.156. The molecule has 1 aromatic heterocycles. The van der Waals surface area contributed by atoms with Crippen molar-refractivity contribution in [3.8, 4) is 0 Å². The molecular formula is C14H22N2OS.